The lowest BCUT2D eigenvalue weighted by atomic mass is 10.2. The summed E-state index contributed by atoms with van der Waals surface area (Å²) in [7, 11) is 0. The molecule has 1 amide bonds. The summed E-state index contributed by atoms with van der Waals surface area (Å²) in [4.78, 5) is 28.3. The van der Waals surface area contributed by atoms with Gasteiger partial charge >= 0.3 is 5.88 Å². The molecule has 0 spiro atoms. The predicted molar refractivity (Wildman–Crippen MR) is 140 cm³/mol. The molecular formula is C25H15BrN4O5S. The molecule has 0 saturated carbocycles. The number of hydrogen-bond donors (Lipinski definition) is 0. The van der Waals surface area contributed by atoms with Crippen LogP contribution in [0.4, 0.5) is 11.0 Å². The number of amides is 1. The van der Waals surface area contributed by atoms with Crippen molar-refractivity contribution < 1.29 is 18.9 Å². The summed E-state index contributed by atoms with van der Waals surface area (Å²) < 4.78 is 12.7. The number of nitro groups is 1. The van der Waals surface area contributed by atoms with E-state index in [1.807, 2.05) is 48.5 Å². The molecule has 0 radical (unpaired) electrons. The van der Waals surface area contributed by atoms with Crippen molar-refractivity contribution in [2.24, 2.45) is 5.10 Å². The van der Waals surface area contributed by atoms with Gasteiger partial charge in [0, 0.05) is 10.0 Å². The lowest BCUT2D eigenvalue weighted by molar-refractivity contribution is -0.402. The van der Waals surface area contributed by atoms with Crippen LogP contribution in [0.25, 0.3) is 10.2 Å². The van der Waals surface area contributed by atoms with E-state index in [9.17, 15) is 14.9 Å². The van der Waals surface area contributed by atoms with Crippen molar-refractivity contribution in [3.8, 4) is 11.5 Å². The molecule has 3 aromatic carbocycles. The molecule has 0 N–H and O–H groups in total. The van der Waals surface area contributed by atoms with E-state index in [1.54, 1.807) is 24.3 Å². The SMILES string of the molecule is O=C(c1ccc(Oc2ccccc2)cc1)N(/N=C/c1ccc([N+](=O)[O-])o1)c1nc2ccc(Br)cc2s1. The van der Waals surface area contributed by atoms with E-state index in [4.69, 9.17) is 9.15 Å². The van der Waals surface area contributed by atoms with E-state index in [1.165, 1.54) is 29.7 Å². The molecule has 5 rings (SSSR count). The molecule has 178 valence electrons. The molecule has 0 fully saturated rings. The third-order valence-corrected chi connectivity index (χ3v) is 6.37. The highest BCUT2D eigenvalue weighted by Gasteiger charge is 2.22. The Morgan fingerprint density at radius 1 is 1.06 bits per heavy atom. The number of furan rings is 1. The largest absolute Gasteiger partial charge is 0.457 e. The first-order chi connectivity index (χ1) is 17.5. The smallest absolute Gasteiger partial charge is 0.433 e. The van der Waals surface area contributed by atoms with Crippen molar-refractivity contribution in [3.63, 3.8) is 0 Å². The van der Waals surface area contributed by atoms with E-state index >= 15 is 0 Å². The molecule has 0 atom stereocenters. The van der Waals surface area contributed by atoms with Gasteiger partial charge in [-0.3, -0.25) is 14.9 Å². The molecular weight excluding hydrogens is 548 g/mol. The van der Waals surface area contributed by atoms with E-state index in [-0.39, 0.29) is 5.76 Å². The van der Waals surface area contributed by atoms with Gasteiger partial charge in [-0.2, -0.15) is 10.1 Å². The maximum atomic E-state index is 13.5. The van der Waals surface area contributed by atoms with Crippen molar-refractivity contribution in [1.82, 2.24) is 4.98 Å². The fraction of sp³-hybridized carbons (Fsp3) is 0. The zero-order valence-corrected chi connectivity index (χ0v) is 20.7. The monoisotopic (exact) mass is 562 g/mol. The van der Waals surface area contributed by atoms with Crippen molar-refractivity contribution in [2.75, 3.05) is 5.01 Å². The lowest BCUT2D eigenvalue weighted by Gasteiger charge is -2.14. The third kappa shape index (κ3) is 5.16. The minimum Gasteiger partial charge on any atom is -0.457 e. The summed E-state index contributed by atoms with van der Waals surface area (Å²) in [5.74, 6) is 0.497. The van der Waals surface area contributed by atoms with Crippen LogP contribution in [0.3, 0.4) is 0 Å². The topological polar surface area (TPSA) is 111 Å². The summed E-state index contributed by atoms with van der Waals surface area (Å²) in [5, 5.41) is 16.7. The molecule has 5 aromatic rings. The second kappa shape index (κ2) is 10.1. The highest BCUT2D eigenvalue weighted by atomic mass is 79.9. The lowest BCUT2D eigenvalue weighted by Crippen LogP contribution is -2.25. The van der Waals surface area contributed by atoms with Gasteiger partial charge < -0.3 is 9.15 Å². The van der Waals surface area contributed by atoms with E-state index < -0.39 is 16.7 Å². The van der Waals surface area contributed by atoms with Crippen LogP contribution in [0.5, 0.6) is 11.5 Å². The van der Waals surface area contributed by atoms with Crippen molar-refractivity contribution in [3.05, 3.63) is 111 Å². The number of nitrogens with zero attached hydrogens (tertiary/aromatic N) is 4. The van der Waals surface area contributed by atoms with Gasteiger partial charge in [-0.1, -0.05) is 45.5 Å². The summed E-state index contributed by atoms with van der Waals surface area (Å²) in [6.07, 6.45) is 1.24. The van der Waals surface area contributed by atoms with Gasteiger partial charge in [-0.05, 0) is 60.7 Å². The Bertz CT molecular complexity index is 1580. The number of fused-ring (bicyclic) bond motifs is 1. The second-order valence-electron chi connectivity index (χ2n) is 7.34. The maximum absolute atomic E-state index is 13.5. The van der Waals surface area contributed by atoms with Gasteiger partial charge in [0.25, 0.3) is 5.91 Å². The Balaban J connectivity index is 1.46. The fourth-order valence-electron chi connectivity index (χ4n) is 3.20. The van der Waals surface area contributed by atoms with E-state index in [0.29, 0.717) is 27.7 Å². The van der Waals surface area contributed by atoms with E-state index in [2.05, 4.69) is 26.0 Å². The first-order valence-corrected chi connectivity index (χ1v) is 12.1. The number of carbonyl (C=O) groups excluding carboxylic acids is 1. The van der Waals surface area contributed by atoms with Crippen LogP contribution in [0.2, 0.25) is 0 Å². The number of benzene rings is 3. The Labute approximate surface area is 216 Å². The Hall–Kier alpha value is -4.35. The number of para-hydroxylation sites is 1. The van der Waals surface area contributed by atoms with E-state index in [0.717, 1.165) is 14.2 Å². The van der Waals surface area contributed by atoms with Gasteiger partial charge in [-0.25, -0.2) is 4.98 Å². The van der Waals surface area contributed by atoms with Gasteiger partial charge in [-0.15, -0.1) is 0 Å². The van der Waals surface area contributed by atoms with Crippen LogP contribution in [0.15, 0.2) is 98.9 Å². The molecule has 0 aliphatic rings. The van der Waals surface area contributed by atoms with Gasteiger partial charge in [0.2, 0.25) is 5.13 Å². The average Bonchev–Trinajstić information content (AvgIpc) is 3.52. The van der Waals surface area contributed by atoms with Crippen LogP contribution in [0.1, 0.15) is 16.1 Å². The molecule has 36 heavy (non-hydrogen) atoms. The molecule has 0 aliphatic heterocycles. The molecule has 11 heteroatoms. The Morgan fingerprint density at radius 2 is 1.81 bits per heavy atom. The van der Waals surface area contributed by atoms with Crippen LogP contribution in [0, 0.1) is 10.1 Å². The second-order valence-corrected chi connectivity index (χ2v) is 9.27. The normalized spacial score (nSPS) is 11.1. The minimum atomic E-state index is -0.648. The number of ether oxygens (including phenoxy) is 1. The van der Waals surface area contributed by atoms with Crippen LogP contribution in [-0.4, -0.2) is 22.0 Å². The summed E-state index contributed by atoms with van der Waals surface area (Å²) in [6, 6.07) is 24.1. The number of hydrazone groups is 1. The molecule has 0 unspecified atom stereocenters. The zero-order chi connectivity index (χ0) is 25.1. The molecule has 0 aliphatic carbocycles. The number of halogens is 1. The quantitative estimate of drug-likeness (QED) is 0.119. The molecule has 9 nitrogen and oxygen atoms in total. The standard InChI is InChI=1S/C25H15BrN4O5S/c26-17-8-12-21-22(14-17)36-25(28-21)29(27-15-20-11-13-23(35-20)30(32)33)24(31)16-6-9-19(10-7-16)34-18-4-2-1-3-5-18/h1-15H/b27-15+. The number of rotatable bonds is 7. The Morgan fingerprint density at radius 3 is 2.53 bits per heavy atom. The molecule has 0 bridgehead atoms. The number of aromatic nitrogens is 1. The van der Waals surface area contributed by atoms with Crippen LogP contribution in [-0.2, 0) is 0 Å². The molecule has 2 heterocycles. The maximum Gasteiger partial charge on any atom is 0.433 e. The highest BCUT2D eigenvalue weighted by molar-refractivity contribution is 9.10. The first kappa shape index (κ1) is 23.4. The van der Waals surface area contributed by atoms with Crippen molar-refractivity contribution in [2.45, 2.75) is 0 Å². The predicted octanol–water partition coefficient (Wildman–Crippen LogP) is 7.03. The molecule has 0 saturated heterocycles. The van der Waals surface area contributed by atoms with Crippen LogP contribution >= 0.6 is 27.3 Å². The third-order valence-electron chi connectivity index (χ3n) is 4.89. The fourth-order valence-corrected chi connectivity index (χ4v) is 4.68. The van der Waals surface area contributed by atoms with Crippen LogP contribution < -0.4 is 9.75 Å². The van der Waals surface area contributed by atoms with Gasteiger partial charge in [0.15, 0.2) is 5.76 Å². The number of carbonyl (C=O) groups is 1. The number of anilines is 1. The summed E-state index contributed by atoms with van der Waals surface area (Å²) >= 11 is 4.72. The van der Waals surface area contributed by atoms with Gasteiger partial charge in [0.1, 0.15) is 16.4 Å². The van der Waals surface area contributed by atoms with Crippen molar-refractivity contribution in [1.29, 1.82) is 0 Å². The first-order valence-electron chi connectivity index (χ1n) is 10.5. The average molecular weight is 563 g/mol. The number of thiazole rings is 1. The summed E-state index contributed by atoms with van der Waals surface area (Å²) in [6.45, 7) is 0. The Kier molecular flexibility index (Phi) is 6.56. The minimum absolute atomic E-state index is 0.120. The summed E-state index contributed by atoms with van der Waals surface area (Å²) in [5.41, 5.74) is 1.05. The number of hydrogen-bond acceptors (Lipinski definition) is 8. The van der Waals surface area contributed by atoms with Crippen molar-refractivity contribution >= 4 is 60.6 Å². The van der Waals surface area contributed by atoms with Gasteiger partial charge in [0.05, 0.1) is 22.5 Å². The molecule has 2 aromatic heterocycles. The highest BCUT2D eigenvalue weighted by Crippen LogP contribution is 2.32. The zero-order valence-electron chi connectivity index (χ0n) is 18.3.